The predicted octanol–water partition coefficient (Wildman–Crippen LogP) is 2.13. The third-order valence-electron chi connectivity index (χ3n) is 2.80. The molecule has 1 heterocycles. The minimum Gasteiger partial charge on any atom is -0.478 e. The normalized spacial score (nSPS) is 23.6. The lowest BCUT2D eigenvalue weighted by atomic mass is 9.82. The van der Waals surface area contributed by atoms with Crippen LogP contribution in [-0.2, 0) is 0 Å². The van der Waals surface area contributed by atoms with Crippen LogP contribution in [0.1, 0.15) is 30.1 Å². The van der Waals surface area contributed by atoms with Gasteiger partial charge in [0.05, 0.1) is 6.20 Å². The van der Waals surface area contributed by atoms with Gasteiger partial charge in [-0.1, -0.05) is 6.92 Å². The smallest absolute Gasteiger partial charge is 0.339 e. The van der Waals surface area contributed by atoms with Gasteiger partial charge in [0, 0.05) is 6.04 Å². The molecule has 5 heteroatoms. The van der Waals surface area contributed by atoms with Crippen molar-refractivity contribution in [3.8, 4) is 0 Å². The third kappa shape index (κ3) is 2.13. The van der Waals surface area contributed by atoms with E-state index in [0.29, 0.717) is 5.92 Å². The zero-order chi connectivity index (χ0) is 11.7. The zero-order valence-corrected chi connectivity index (χ0v) is 8.90. The van der Waals surface area contributed by atoms with Crippen LogP contribution in [0.25, 0.3) is 0 Å². The molecule has 0 atom stereocenters. The summed E-state index contributed by atoms with van der Waals surface area (Å²) in [5.74, 6) is -0.885. The predicted molar refractivity (Wildman–Crippen MR) is 57.0 cm³/mol. The lowest BCUT2D eigenvalue weighted by Crippen LogP contribution is -2.34. The van der Waals surface area contributed by atoms with Crippen molar-refractivity contribution in [2.45, 2.75) is 25.8 Å². The second kappa shape index (κ2) is 4.08. The molecule has 1 saturated carbocycles. The molecule has 4 nitrogen and oxygen atoms in total. The first-order valence-corrected chi connectivity index (χ1v) is 5.21. The van der Waals surface area contributed by atoms with Crippen molar-refractivity contribution in [2.75, 3.05) is 5.32 Å². The molecule has 1 aliphatic carbocycles. The molecule has 2 rings (SSSR count). The lowest BCUT2D eigenvalue weighted by Gasteiger charge is -2.33. The van der Waals surface area contributed by atoms with Crippen molar-refractivity contribution in [1.29, 1.82) is 0 Å². The van der Waals surface area contributed by atoms with Gasteiger partial charge in [0.25, 0.3) is 0 Å². The van der Waals surface area contributed by atoms with Crippen molar-refractivity contribution >= 4 is 11.8 Å². The summed E-state index contributed by atoms with van der Waals surface area (Å²) >= 11 is 0. The average molecular weight is 224 g/mol. The van der Waals surface area contributed by atoms with Gasteiger partial charge >= 0.3 is 5.97 Å². The van der Waals surface area contributed by atoms with E-state index in [9.17, 15) is 9.18 Å². The monoisotopic (exact) mass is 224 g/mol. The molecular weight excluding hydrogens is 211 g/mol. The average Bonchev–Trinajstić information content (AvgIpc) is 2.17. The summed E-state index contributed by atoms with van der Waals surface area (Å²) in [6.07, 6.45) is 3.02. The minimum absolute atomic E-state index is 0.112. The summed E-state index contributed by atoms with van der Waals surface area (Å²) in [6, 6.07) is 1.24. The summed E-state index contributed by atoms with van der Waals surface area (Å²) < 4.78 is 12.8. The van der Waals surface area contributed by atoms with E-state index in [4.69, 9.17) is 5.11 Å². The molecule has 0 aliphatic heterocycles. The first-order chi connectivity index (χ1) is 7.56. The minimum atomic E-state index is -1.16. The lowest BCUT2D eigenvalue weighted by molar-refractivity contribution is 0.0697. The van der Waals surface area contributed by atoms with Gasteiger partial charge < -0.3 is 10.4 Å². The third-order valence-corrected chi connectivity index (χ3v) is 2.80. The van der Waals surface area contributed by atoms with Gasteiger partial charge in [-0.25, -0.2) is 14.2 Å². The van der Waals surface area contributed by atoms with Crippen LogP contribution in [0.2, 0.25) is 0 Å². The first-order valence-electron chi connectivity index (χ1n) is 5.21. The van der Waals surface area contributed by atoms with Crippen molar-refractivity contribution in [2.24, 2.45) is 5.92 Å². The Kier molecular flexibility index (Phi) is 2.77. The van der Waals surface area contributed by atoms with Crippen LogP contribution < -0.4 is 5.32 Å². The second-order valence-electron chi connectivity index (χ2n) is 4.27. The largest absolute Gasteiger partial charge is 0.478 e. The molecule has 86 valence electrons. The number of nitrogens with zero attached hydrogens (tertiary/aromatic N) is 1. The first kappa shape index (κ1) is 10.9. The molecular formula is C11H13FN2O2. The van der Waals surface area contributed by atoms with Crippen LogP contribution >= 0.6 is 0 Å². The van der Waals surface area contributed by atoms with E-state index >= 15 is 0 Å². The second-order valence-corrected chi connectivity index (χ2v) is 4.27. The number of pyridine rings is 1. The van der Waals surface area contributed by atoms with Crippen LogP contribution in [0.5, 0.6) is 0 Å². The van der Waals surface area contributed by atoms with E-state index in [1.165, 1.54) is 0 Å². The Hall–Kier alpha value is -1.65. The van der Waals surface area contributed by atoms with Gasteiger partial charge in [0.1, 0.15) is 17.2 Å². The molecule has 0 saturated heterocycles. The molecule has 0 amide bonds. The molecule has 0 aromatic carbocycles. The molecule has 1 aliphatic rings. The number of rotatable bonds is 3. The molecule has 0 radical (unpaired) electrons. The van der Waals surface area contributed by atoms with E-state index in [0.717, 1.165) is 25.1 Å². The SMILES string of the molecule is CC1CC(Nc2ncc(F)cc2C(=O)O)C1. The van der Waals surface area contributed by atoms with Crippen molar-refractivity contribution in [3.63, 3.8) is 0 Å². The molecule has 1 aromatic heterocycles. The fourth-order valence-corrected chi connectivity index (χ4v) is 1.93. The number of anilines is 1. The van der Waals surface area contributed by atoms with E-state index in [1.54, 1.807) is 0 Å². The fourth-order valence-electron chi connectivity index (χ4n) is 1.93. The molecule has 1 fully saturated rings. The number of aromatic carboxylic acids is 1. The van der Waals surface area contributed by atoms with Crippen LogP contribution in [-0.4, -0.2) is 22.1 Å². The number of carboxylic acid groups (broad SMARTS) is 1. The Labute approximate surface area is 92.5 Å². The highest BCUT2D eigenvalue weighted by molar-refractivity contribution is 5.93. The molecule has 0 unspecified atom stereocenters. The number of carboxylic acids is 1. The Morgan fingerprint density at radius 1 is 1.62 bits per heavy atom. The number of aromatic nitrogens is 1. The Bertz CT molecular complexity index is 416. The highest BCUT2D eigenvalue weighted by Crippen LogP contribution is 2.29. The summed E-state index contributed by atoms with van der Waals surface area (Å²) in [7, 11) is 0. The number of nitrogens with one attached hydrogen (secondary N) is 1. The van der Waals surface area contributed by atoms with E-state index in [-0.39, 0.29) is 17.4 Å². The summed E-state index contributed by atoms with van der Waals surface area (Å²) in [4.78, 5) is 14.7. The maximum absolute atomic E-state index is 12.8. The highest BCUT2D eigenvalue weighted by atomic mass is 19.1. The quantitative estimate of drug-likeness (QED) is 0.825. The highest BCUT2D eigenvalue weighted by Gasteiger charge is 2.26. The van der Waals surface area contributed by atoms with Crippen LogP contribution in [0, 0.1) is 11.7 Å². The van der Waals surface area contributed by atoms with Gasteiger partial charge in [0.2, 0.25) is 0 Å². The summed E-state index contributed by atoms with van der Waals surface area (Å²) in [5, 5.41) is 11.9. The topological polar surface area (TPSA) is 62.2 Å². The van der Waals surface area contributed by atoms with Crippen LogP contribution in [0.4, 0.5) is 10.2 Å². The molecule has 2 N–H and O–H groups in total. The van der Waals surface area contributed by atoms with Gasteiger partial charge in [0.15, 0.2) is 0 Å². The Morgan fingerprint density at radius 2 is 2.31 bits per heavy atom. The van der Waals surface area contributed by atoms with E-state index < -0.39 is 11.8 Å². The molecule has 16 heavy (non-hydrogen) atoms. The molecule has 0 bridgehead atoms. The Morgan fingerprint density at radius 3 is 2.88 bits per heavy atom. The number of carbonyl (C=O) groups is 1. The zero-order valence-electron chi connectivity index (χ0n) is 8.90. The maximum atomic E-state index is 12.8. The van der Waals surface area contributed by atoms with Gasteiger partial charge in [-0.3, -0.25) is 0 Å². The fraction of sp³-hybridized carbons (Fsp3) is 0.455. The van der Waals surface area contributed by atoms with Crippen LogP contribution in [0.3, 0.4) is 0 Å². The summed E-state index contributed by atoms with van der Waals surface area (Å²) in [6.45, 7) is 2.13. The van der Waals surface area contributed by atoms with Crippen molar-refractivity contribution < 1.29 is 14.3 Å². The van der Waals surface area contributed by atoms with Crippen molar-refractivity contribution in [1.82, 2.24) is 4.98 Å². The van der Waals surface area contributed by atoms with E-state index in [1.807, 2.05) is 0 Å². The standard InChI is InChI=1S/C11H13FN2O2/c1-6-2-8(3-6)14-10-9(11(15)16)4-7(12)5-13-10/h4-6,8H,2-3H2,1H3,(H,13,14)(H,15,16). The number of halogens is 1. The molecule has 1 aromatic rings. The van der Waals surface area contributed by atoms with Gasteiger partial charge in [-0.15, -0.1) is 0 Å². The number of hydrogen-bond donors (Lipinski definition) is 2. The number of hydrogen-bond acceptors (Lipinski definition) is 3. The van der Waals surface area contributed by atoms with Crippen LogP contribution in [0.15, 0.2) is 12.3 Å². The van der Waals surface area contributed by atoms with Gasteiger partial charge in [-0.05, 0) is 24.8 Å². The molecule has 0 spiro atoms. The Balaban J connectivity index is 2.16. The van der Waals surface area contributed by atoms with Gasteiger partial charge in [-0.2, -0.15) is 0 Å². The summed E-state index contributed by atoms with van der Waals surface area (Å²) in [5.41, 5.74) is -0.112. The van der Waals surface area contributed by atoms with E-state index in [2.05, 4.69) is 17.2 Å². The van der Waals surface area contributed by atoms with Crippen molar-refractivity contribution in [3.05, 3.63) is 23.6 Å². The maximum Gasteiger partial charge on any atom is 0.339 e.